The third-order valence-electron chi connectivity index (χ3n) is 6.48. The molecule has 0 heterocycles. The van der Waals surface area contributed by atoms with Gasteiger partial charge in [-0.2, -0.15) is 0 Å². The highest BCUT2D eigenvalue weighted by molar-refractivity contribution is 7.89. The first kappa shape index (κ1) is 35.7. The van der Waals surface area contributed by atoms with Crippen molar-refractivity contribution in [3.63, 3.8) is 0 Å². The molecule has 0 radical (unpaired) electrons. The van der Waals surface area contributed by atoms with E-state index in [9.17, 15) is 33.0 Å². The normalized spacial score (nSPS) is 13.1. The quantitative estimate of drug-likeness (QED) is 0.166. The highest BCUT2D eigenvalue weighted by Gasteiger charge is 2.27. The number of amides is 3. The number of hydrogen-bond donors (Lipinski definition) is 5. The number of hydrazine groups is 1. The highest BCUT2D eigenvalue weighted by atomic mass is 32.2. The second-order valence-electron chi connectivity index (χ2n) is 11.1. The molecule has 12 nitrogen and oxygen atoms in total. The fourth-order valence-corrected chi connectivity index (χ4v) is 6.14. The summed E-state index contributed by atoms with van der Waals surface area (Å²) in [6, 6.07) is 9.32. The summed E-state index contributed by atoms with van der Waals surface area (Å²) < 4.78 is 24.8. The minimum atomic E-state index is -3.65. The van der Waals surface area contributed by atoms with Crippen molar-refractivity contribution in [2.45, 2.75) is 59.1 Å². The minimum Gasteiger partial charge on any atom is -0.508 e. The smallest absolute Gasteiger partial charge is 0.253 e. The second kappa shape index (κ2) is 16.4. The molecule has 0 aliphatic rings. The third kappa shape index (κ3) is 11.6. The molecule has 0 saturated heterocycles. The van der Waals surface area contributed by atoms with Crippen molar-refractivity contribution < 1.29 is 33.0 Å². The van der Waals surface area contributed by atoms with Gasteiger partial charge in [0.2, 0.25) is 15.9 Å². The number of carbonyl (C=O) groups is 3. The Morgan fingerprint density at radius 3 is 2.05 bits per heavy atom. The first-order chi connectivity index (χ1) is 20.1. The second-order valence-corrected chi connectivity index (χ2v) is 12.9. The van der Waals surface area contributed by atoms with E-state index in [-0.39, 0.29) is 53.0 Å². The highest BCUT2D eigenvalue weighted by Crippen LogP contribution is 2.17. The van der Waals surface area contributed by atoms with Gasteiger partial charge in [0.1, 0.15) is 5.75 Å². The number of aromatic hydroxyl groups is 1. The van der Waals surface area contributed by atoms with E-state index in [0.29, 0.717) is 18.7 Å². The molecule has 0 spiro atoms. The first-order valence-corrected chi connectivity index (χ1v) is 16.0. The lowest BCUT2D eigenvalue weighted by atomic mass is 9.99. The van der Waals surface area contributed by atoms with Crippen LogP contribution in [-0.2, 0) is 16.4 Å². The Labute approximate surface area is 254 Å². The molecule has 2 aromatic rings. The number of nitrogens with two attached hydrogens (primary N) is 1. The zero-order valence-corrected chi connectivity index (χ0v) is 26.4. The first-order valence-electron chi connectivity index (χ1n) is 14.4. The van der Waals surface area contributed by atoms with Crippen molar-refractivity contribution in [2.24, 2.45) is 11.7 Å². The average Bonchev–Trinajstić information content (AvgIpc) is 2.91. The maximum absolute atomic E-state index is 13.5. The number of sulfonamides is 1. The van der Waals surface area contributed by atoms with E-state index < -0.39 is 34.0 Å². The van der Waals surface area contributed by atoms with Crippen LogP contribution >= 0.6 is 0 Å². The molecule has 13 heteroatoms. The molecule has 2 unspecified atom stereocenters. The summed E-state index contributed by atoms with van der Waals surface area (Å²) in [7, 11) is -2.19. The Bertz CT molecular complexity index is 1340. The molecule has 238 valence electrons. The van der Waals surface area contributed by atoms with Crippen molar-refractivity contribution in [3.8, 4) is 5.75 Å². The molecule has 0 bridgehead atoms. The number of phenols is 1. The van der Waals surface area contributed by atoms with E-state index >= 15 is 0 Å². The molecular weight excluding hydrogens is 574 g/mol. The van der Waals surface area contributed by atoms with Gasteiger partial charge >= 0.3 is 0 Å². The van der Waals surface area contributed by atoms with Gasteiger partial charge in [0.25, 0.3) is 11.8 Å². The summed E-state index contributed by atoms with van der Waals surface area (Å²) in [5, 5.41) is 24.9. The van der Waals surface area contributed by atoms with Gasteiger partial charge in [0.15, 0.2) is 0 Å². The van der Waals surface area contributed by atoms with Gasteiger partial charge in [-0.25, -0.2) is 13.4 Å². The van der Waals surface area contributed by atoms with Gasteiger partial charge < -0.3 is 26.2 Å². The topological polar surface area (TPSA) is 182 Å². The number of primary amides is 1. The molecule has 6 N–H and O–H groups in total. The maximum Gasteiger partial charge on any atom is 0.253 e. The molecule has 0 aromatic heterocycles. The zero-order valence-electron chi connectivity index (χ0n) is 25.5. The lowest BCUT2D eigenvalue weighted by Crippen LogP contribution is -2.52. The van der Waals surface area contributed by atoms with E-state index in [1.807, 2.05) is 13.8 Å². The SMILES string of the molecule is CCCN(CCC)C(=O)c1cc(C(N)=O)cc(C(=O)NC(Cc2ccc(O)cc2)C(O)CN(C)NS(=O)(=O)CC(C)C)c1. The molecule has 0 saturated carbocycles. The van der Waals surface area contributed by atoms with Crippen LogP contribution in [-0.4, -0.2) is 90.8 Å². The molecule has 43 heavy (non-hydrogen) atoms. The fourth-order valence-electron chi connectivity index (χ4n) is 4.64. The standard InChI is InChI=1S/C30H45N5O7S/c1-6-12-35(13-7-2)30(40)24-16-22(28(31)38)15-23(17-24)29(39)32-26(14-21-8-10-25(36)11-9-21)27(37)18-34(5)33-43(41,42)19-20(3)4/h8-11,15-17,20,26-27,33,36-37H,6-7,12-14,18-19H2,1-5H3,(H2,31,38)(H,32,39). The number of likely N-dealkylation sites (N-methyl/N-ethyl adjacent to an activating group) is 1. The minimum absolute atomic E-state index is 0.00138. The van der Waals surface area contributed by atoms with Crippen LogP contribution in [0.5, 0.6) is 5.75 Å². The number of rotatable bonds is 17. The summed E-state index contributed by atoms with van der Waals surface area (Å²) in [5.41, 5.74) is 6.33. The number of hydrogen-bond acceptors (Lipinski definition) is 8. The molecular formula is C30H45N5O7S. The monoisotopic (exact) mass is 619 g/mol. The molecule has 2 rings (SSSR count). The van der Waals surface area contributed by atoms with Gasteiger partial charge in [-0.05, 0) is 61.1 Å². The van der Waals surface area contributed by atoms with Crippen molar-refractivity contribution in [2.75, 3.05) is 32.4 Å². The van der Waals surface area contributed by atoms with Crippen molar-refractivity contribution in [1.29, 1.82) is 0 Å². The lowest BCUT2D eigenvalue weighted by molar-refractivity contribution is 0.0687. The Morgan fingerprint density at radius 2 is 1.51 bits per heavy atom. The molecule has 3 amide bonds. The predicted octanol–water partition coefficient (Wildman–Crippen LogP) is 1.88. The van der Waals surface area contributed by atoms with E-state index in [2.05, 4.69) is 10.1 Å². The number of nitrogens with one attached hydrogen (secondary N) is 2. The predicted molar refractivity (Wildman–Crippen MR) is 165 cm³/mol. The number of carbonyl (C=O) groups excluding carboxylic acids is 3. The average molecular weight is 620 g/mol. The zero-order chi connectivity index (χ0) is 32.3. The van der Waals surface area contributed by atoms with Gasteiger partial charge in [-0.15, -0.1) is 4.83 Å². The van der Waals surface area contributed by atoms with E-state index in [4.69, 9.17) is 5.73 Å². The number of nitrogens with zero attached hydrogens (tertiary/aromatic N) is 2. The van der Waals surface area contributed by atoms with Crippen LogP contribution < -0.4 is 15.9 Å². The third-order valence-corrected chi connectivity index (χ3v) is 8.18. The van der Waals surface area contributed by atoms with Crippen LogP contribution in [0.15, 0.2) is 42.5 Å². The summed E-state index contributed by atoms with van der Waals surface area (Å²) in [4.78, 5) is 43.0. The number of aliphatic hydroxyl groups is 1. The lowest BCUT2D eigenvalue weighted by Gasteiger charge is -2.28. The molecule has 0 aliphatic heterocycles. The Hall–Kier alpha value is -3.52. The summed E-state index contributed by atoms with van der Waals surface area (Å²) in [5.74, 6) is -1.98. The summed E-state index contributed by atoms with van der Waals surface area (Å²) >= 11 is 0. The molecule has 0 fully saturated rings. The molecule has 2 atom stereocenters. The Morgan fingerprint density at radius 1 is 0.953 bits per heavy atom. The van der Waals surface area contributed by atoms with Crippen LogP contribution in [0.25, 0.3) is 0 Å². The number of phenolic OH excluding ortho intramolecular Hbond substituents is 1. The van der Waals surface area contributed by atoms with Crippen LogP contribution in [0.4, 0.5) is 0 Å². The maximum atomic E-state index is 13.5. The van der Waals surface area contributed by atoms with E-state index in [1.54, 1.807) is 30.9 Å². The van der Waals surface area contributed by atoms with E-state index in [1.165, 1.54) is 42.4 Å². The molecule has 2 aromatic carbocycles. The largest absolute Gasteiger partial charge is 0.508 e. The van der Waals surface area contributed by atoms with Crippen molar-refractivity contribution in [1.82, 2.24) is 20.1 Å². The Balaban J connectivity index is 2.39. The summed E-state index contributed by atoms with van der Waals surface area (Å²) in [6.45, 7) is 8.27. The van der Waals surface area contributed by atoms with Crippen molar-refractivity contribution in [3.05, 3.63) is 64.7 Å². The number of benzene rings is 2. The molecule has 0 aliphatic carbocycles. The van der Waals surface area contributed by atoms with Crippen LogP contribution in [0.1, 0.15) is 77.2 Å². The van der Waals surface area contributed by atoms with E-state index in [0.717, 1.165) is 12.8 Å². The number of aliphatic hydroxyl groups excluding tert-OH is 1. The van der Waals surface area contributed by atoms with Crippen LogP contribution in [0.3, 0.4) is 0 Å². The fraction of sp³-hybridized carbons (Fsp3) is 0.500. The van der Waals surface area contributed by atoms with Crippen LogP contribution in [0.2, 0.25) is 0 Å². The van der Waals surface area contributed by atoms with Crippen LogP contribution in [0, 0.1) is 5.92 Å². The van der Waals surface area contributed by atoms with Gasteiger partial charge in [-0.1, -0.05) is 39.8 Å². The Kier molecular flexibility index (Phi) is 13.6. The van der Waals surface area contributed by atoms with Crippen molar-refractivity contribution >= 4 is 27.7 Å². The van der Waals surface area contributed by atoms with Gasteiger partial charge in [-0.3, -0.25) is 14.4 Å². The van der Waals surface area contributed by atoms with Gasteiger partial charge in [0.05, 0.1) is 17.9 Å². The van der Waals surface area contributed by atoms with Gasteiger partial charge in [0, 0.05) is 43.4 Å². The summed E-state index contributed by atoms with van der Waals surface area (Å²) in [6.07, 6.45) is 0.331.